The average molecular weight is 431 g/mol. The van der Waals surface area contributed by atoms with Crippen LogP contribution in [0.4, 0.5) is 5.69 Å². The molecule has 0 saturated carbocycles. The van der Waals surface area contributed by atoms with Crippen molar-refractivity contribution in [2.45, 2.75) is 0 Å². The Labute approximate surface area is 184 Å². The van der Waals surface area contributed by atoms with E-state index in [1.165, 1.54) is 18.9 Å². The van der Waals surface area contributed by atoms with Gasteiger partial charge in [-0.3, -0.25) is 9.59 Å². The zero-order chi connectivity index (χ0) is 22.7. The molecule has 4 aromatic rings. The van der Waals surface area contributed by atoms with E-state index in [1.54, 1.807) is 73.8 Å². The van der Waals surface area contributed by atoms with Gasteiger partial charge in [-0.1, -0.05) is 18.2 Å². The molecule has 3 aromatic carbocycles. The van der Waals surface area contributed by atoms with Gasteiger partial charge in [0.2, 0.25) is 0 Å². The summed E-state index contributed by atoms with van der Waals surface area (Å²) >= 11 is 0. The minimum absolute atomic E-state index is 0.0980. The van der Waals surface area contributed by atoms with E-state index in [4.69, 9.17) is 14.2 Å². The maximum Gasteiger partial charge on any atom is 0.279 e. The highest BCUT2D eigenvalue weighted by Crippen LogP contribution is 2.29. The van der Waals surface area contributed by atoms with E-state index in [0.29, 0.717) is 39.4 Å². The van der Waals surface area contributed by atoms with Crippen LogP contribution in [0.5, 0.6) is 17.2 Å². The number of nitrogens with one attached hydrogen (secondary N) is 1. The number of hydrogen-bond acceptors (Lipinski definition) is 6. The number of benzene rings is 3. The van der Waals surface area contributed by atoms with E-state index >= 15 is 0 Å². The summed E-state index contributed by atoms with van der Waals surface area (Å²) in [4.78, 5) is 26.4. The van der Waals surface area contributed by atoms with Gasteiger partial charge in [0.15, 0.2) is 5.69 Å². The first-order valence-corrected chi connectivity index (χ1v) is 9.75. The zero-order valence-electron chi connectivity index (χ0n) is 17.8. The highest BCUT2D eigenvalue weighted by atomic mass is 16.5. The fraction of sp³-hybridized carbons (Fsp3) is 0.125. The first kappa shape index (κ1) is 20.9. The zero-order valence-corrected chi connectivity index (χ0v) is 17.8. The molecule has 4 rings (SSSR count). The molecule has 0 unspecified atom stereocenters. The number of nitrogens with zero attached hydrogens (tertiary/aromatic N) is 2. The van der Waals surface area contributed by atoms with Crippen LogP contribution in [0.2, 0.25) is 0 Å². The van der Waals surface area contributed by atoms with Crippen LogP contribution in [0.25, 0.3) is 16.5 Å². The maximum absolute atomic E-state index is 13.3. The fourth-order valence-corrected chi connectivity index (χ4v) is 3.35. The Morgan fingerprint density at radius 2 is 1.50 bits per heavy atom. The molecule has 1 aromatic heterocycles. The quantitative estimate of drug-likeness (QED) is 0.501. The third-order valence-electron chi connectivity index (χ3n) is 4.99. The molecule has 1 heterocycles. The molecule has 1 amide bonds. The molecular weight excluding hydrogens is 410 g/mol. The van der Waals surface area contributed by atoms with Crippen LogP contribution >= 0.6 is 0 Å². The van der Waals surface area contributed by atoms with Crippen LogP contribution in [0.1, 0.15) is 10.5 Å². The van der Waals surface area contributed by atoms with E-state index in [-0.39, 0.29) is 11.3 Å². The Morgan fingerprint density at radius 1 is 0.844 bits per heavy atom. The number of rotatable bonds is 6. The second kappa shape index (κ2) is 8.81. The Kier molecular flexibility index (Phi) is 5.76. The number of carbonyl (C=O) groups is 1. The van der Waals surface area contributed by atoms with E-state index < -0.39 is 5.91 Å². The molecule has 0 atom stereocenters. The van der Waals surface area contributed by atoms with Gasteiger partial charge in [0, 0.05) is 11.5 Å². The van der Waals surface area contributed by atoms with Gasteiger partial charge in [-0.25, -0.2) is 0 Å². The maximum atomic E-state index is 13.3. The molecule has 0 radical (unpaired) electrons. The number of carbonyl (C=O) groups excluding carboxylic acids is 1. The Balaban J connectivity index is 1.84. The van der Waals surface area contributed by atoms with Gasteiger partial charge in [0.1, 0.15) is 17.2 Å². The minimum atomic E-state index is -0.491. The number of hydrogen-bond donors (Lipinski definition) is 1. The number of anilines is 1. The van der Waals surface area contributed by atoms with Crippen molar-refractivity contribution in [2.75, 3.05) is 26.6 Å². The monoisotopic (exact) mass is 431 g/mol. The van der Waals surface area contributed by atoms with Crippen molar-refractivity contribution in [3.63, 3.8) is 0 Å². The lowest BCUT2D eigenvalue weighted by Crippen LogP contribution is -2.26. The van der Waals surface area contributed by atoms with Crippen LogP contribution < -0.4 is 25.1 Å². The molecule has 1 N–H and O–H groups in total. The van der Waals surface area contributed by atoms with Gasteiger partial charge in [-0.15, -0.1) is 0 Å². The van der Waals surface area contributed by atoms with Gasteiger partial charge >= 0.3 is 0 Å². The van der Waals surface area contributed by atoms with Crippen molar-refractivity contribution in [2.24, 2.45) is 0 Å². The second-order valence-corrected chi connectivity index (χ2v) is 6.83. The standard InChI is InChI=1S/C24H21N3O5/c1-30-16-10-8-15(9-11-16)27-24(29)19-7-5-4-6-18(19)22(26-27)23(28)25-20-14-17(31-2)12-13-21(20)32-3/h4-14H,1-3H3,(H,25,28). The summed E-state index contributed by atoms with van der Waals surface area (Å²) in [5.74, 6) is 1.18. The summed E-state index contributed by atoms with van der Waals surface area (Å²) in [5.41, 5.74) is 0.696. The third-order valence-corrected chi connectivity index (χ3v) is 4.99. The number of aromatic nitrogens is 2. The minimum Gasteiger partial charge on any atom is -0.497 e. The number of amides is 1. The highest BCUT2D eigenvalue weighted by molar-refractivity contribution is 6.11. The van der Waals surface area contributed by atoms with Crippen LogP contribution in [0.15, 0.2) is 71.5 Å². The van der Waals surface area contributed by atoms with Gasteiger partial charge in [-0.05, 0) is 42.5 Å². The lowest BCUT2D eigenvalue weighted by molar-refractivity contribution is 0.102. The highest BCUT2D eigenvalue weighted by Gasteiger charge is 2.19. The molecule has 8 nitrogen and oxygen atoms in total. The van der Waals surface area contributed by atoms with Crippen LogP contribution in [0.3, 0.4) is 0 Å². The van der Waals surface area contributed by atoms with E-state index in [9.17, 15) is 9.59 Å². The summed E-state index contributed by atoms with van der Waals surface area (Å²) in [6.07, 6.45) is 0. The number of methoxy groups -OCH3 is 3. The molecule has 0 aliphatic carbocycles. The van der Waals surface area contributed by atoms with E-state index in [0.717, 1.165) is 0 Å². The SMILES string of the molecule is COc1ccc(-n2nc(C(=O)Nc3cc(OC)ccc3OC)c3ccccc3c2=O)cc1. The van der Waals surface area contributed by atoms with Gasteiger partial charge in [0.05, 0.1) is 38.1 Å². The van der Waals surface area contributed by atoms with Crippen LogP contribution in [0, 0.1) is 0 Å². The van der Waals surface area contributed by atoms with Gasteiger partial charge < -0.3 is 19.5 Å². The first-order valence-electron chi connectivity index (χ1n) is 9.75. The number of ether oxygens (including phenoxy) is 3. The topological polar surface area (TPSA) is 91.7 Å². The van der Waals surface area contributed by atoms with Crippen molar-refractivity contribution in [3.8, 4) is 22.9 Å². The summed E-state index contributed by atoms with van der Waals surface area (Å²) in [7, 11) is 4.60. The van der Waals surface area contributed by atoms with Crippen molar-refractivity contribution in [1.29, 1.82) is 0 Å². The molecular formula is C24H21N3O5. The molecule has 8 heteroatoms. The predicted molar refractivity (Wildman–Crippen MR) is 121 cm³/mol. The molecule has 162 valence electrons. The smallest absolute Gasteiger partial charge is 0.279 e. The van der Waals surface area contributed by atoms with Gasteiger partial charge in [-0.2, -0.15) is 9.78 Å². The second-order valence-electron chi connectivity index (χ2n) is 6.83. The molecule has 0 fully saturated rings. The molecule has 0 saturated heterocycles. The molecule has 0 bridgehead atoms. The average Bonchev–Trinajstić information content (AvgIpc) is 2.84. The Morgan fingerprint density at radius 3 is 2.16 bits per heavy atom. The van der Waals surface area contributed by atoms with Crippen LogP contribution in [-0.2, 0) is 0 Å². The normalized spacial score (nSPS) is 10.6. The lowest BCUT2D eigenvalue weighted by atomic mass is 10.1. The molecule has 0 spiro atoms. The first-order chi connectivity index (χ1) is 15.5. The summed E-state index contributed by atoms with van der Waals surface area (Å²) in [6, 6.07) is 18.8. The molecule has 0 aliphatic rings. The fourth-order valence-electron chi connectivity index (χ4n) is 3.35. The largest absolute Gasteiger partial charge is 0.497 e. The van der Waals surface area contributed by atoms with Gasteiger partial charge in [0.25, 0.3) is 11.5 Å². The van der Waals surface area contributed by atoms with Crippen molar-refractivity contribution < 1.29 is 19.0 Å². The van der Waals surface area contributed by atoms with Crippen molar-refractivity contribution in [1.82, 2.24) is 9.78 Å². The Bertz CT molecular complexity index is 1350. The third kappa shape index (κ3) is 3.85. The van der Waals surface area contributed by atoms with E-state index in [2.05, 4.69) is 10.4 Å². The molecule has 32 heavy (non-hydrogen) atoms. The van der Waals surface area contributed by atoms with E-state index in [1.807, 2.05) is 0 Å². The Hall–Kier alpha value is -4.33. The molecule has 0 aliphatic heterocycles. The lowest BCUT2D eigenvalue weighted by Gasteiger charge is -2.14. The number of fused-ring (bicyclic) bond motifs is 1. The van der Waals surface area contributed by atoms with Crippen molar-refractivity contribution >= 4 is 22.4 Å². The summed E-state index contributed by atoms with van der Waals surface area (Å²) in [5, 5.41) is 8.04. The summed E-state index contributed by atoms with van der Waals surface area (Å²) in [6.45, 7) is 0. The van der Waals surface area contributed by atoms with Crippen molar-refractivity contribution in [3.05, 3.63) is 82.8 Å². The van der Waals surface area contributed by atoms with Crippen LogP contribution in [-0.4, -0.2) is 37.0 Å². The predicted octanol–water partition coefficient (Wildman–Crippen LogP) is 3.66. The summed E-state index contributed by atoms with van der Waals surface area (Å²) < 4.78 is 17.0.